The van der Waals surface area contributed by atoms with Gasteiger partial charge in [-0.2, -0.15) is 10.2 Å². The van der Waals surface area contributed by atoms with Gasteiger partial charge in [-0.25, -0.2) is 0 Å². The highest BCUT2D eigenvalue weighted by Crippen LogP contribution is 2.29. The SMILES string of the molecule is Cc1nncc2c3ccccc3n(CCCN3CCOCC3)c12. The van der Waals surface area contributed by atoms with Crippen LogP contribution in [-0.4, -0.2) is 52.5 Å². The standard InChI is InChI=1S/C18H22N4O/c1-14-18-16(13-19-20-14)15-5-2-3-6-17(15)22(18)8-4-7-21-9-11-23-12-10-21/h2-3,5-6,13H,4,7-12H2,1H3. The molecule has 0 spiro atoms. The molecule has 0 amide bonds. The van der Waals surface area contributed by atoms with Gasteiger partial charge in [-0.15, -0.1) is 0 Å². The Hall–Kier alpha value is -1.98. The smallest absolute Gasteiger partial charge is 0.0843 e. The minimum Gasteiger partial charge on any atom is -0.379 e. The summed E-state index contributed by atoms with van der Waals surface area (Å²) in [5.41, 5.74) is 3.51. The Labute approximate surface area is 135 Å². The zero-order valence-electron chi connectivity index (χ0n) is 13.5. The van der Waals surface area contributed by atoms with E-state index in [0.29, 0.717) is 0 Å². The highest BCUT2D eigenvalue weighted by molar-refractivity contribution is 6.08. The van der Waals surface area contributed by atoms with Gasteiger partial charge in [0.05, 0.1) is 30.6 Å². The van der Waals surface area contributed by atoms with Crippen molar-refractivity contribution in [1.29, 1.82) is 0 Å². The van der Waals surface area contributed by atoms with Gasteiger partial charge in [-0.05, 0) is 19.4 Å². The molecular weight excluding hydrogens is 288 g/mol. The number of hydrogen-bond donors (Lipinski definition) is 0. The Morgan fingerprint density at radius 1 is 1.09 bits per heavy atom. The number of aryl methyl sites for hydroxylation is 2. The Balaban J connectivity index is 1.64. The topological polar surface area (TPSA) is 43.2 Å². The lowest BCUT2D eigenvalue weighted by atomic mass is 10.2. The summed E-state index contributed by atoms with van der Waals surface area (Å²) >= 11 is 0. The summed E-state index contributed by atoms with van der Waals surface area (Å²) in [6, 6.07) is 8.58. The first kappa shape index (κ1) is 14.6. The summed E-state index contributed by atoms with van der Waals surface area (Å²) in [7, 11) is 0. The minimum absolute atomic E-state index is 0.865. The molecule has 0 atom stereocenters. The van der Waals surface area contributed by atoms with E-state index in [1.54, 1.807) is 0 Å². The fraction of sp³-hybridized carbons (Fsp3) is 0.444. The molecule has 0 N–H and O–H groups in total. The molecule has 0 aliphatic carbocycles. The van der Waals surface area contributed by atoms with Gasteiger partial charge in [0, 0.05) is 42.5 Å². The maximum absolute atomic E-state index is 5.42. The average molecular weight is 310 g/mol. The molecular formula is C18H22N4O. The van der Waals surface area contributed by atoms with Gasteiger partial charge < -0.3 is 9.30 Å². The van der Waals surface area contributed by atoms with Crippen molar-refractivity contribution in [2.75, 3.05) is 32.8 Å². The van der Waals surface area contributed by atoms with Crippen LogP contribution in [-0.2, 0) is 11.3 Å². The van der Waals surface area contributed by atoms with Crippen LogP contribution in [0.15, 0.2) is 30.5 Å². The van der Waals surface area contributed by atoms with Crippen LogP contribution in [0.1, 0.15) is 12.1 Å². The third kappa shape index (κ3) is 2.71. The second-order valence-electron chi connectivity index (χ2n) is 6.17. The molecule has 0 saturated carbocycles. The largest absolute Gasteiger partial charge is 0.379 e. The molecule has 2 aromatic heterocycles. The summed E-state index contributed by atoms with van der Waals surface area (Å²) in [6.45, 7) is 8.01. The van der Waals surface area contributed by atoms with Crippen LogP contribution >= 0.6 is 0 Å². The third-order valence-electron chi connectivity index (χ3n) is 4.71. The Morgan fingerprint density at radius 2 is 1.91 bits per heavy atom. The molecule has 0 unspecified atom stereocenters. The van der Waals surface area contributed by atoms with E-state index in [1.807, 2.05) is 13.1 Å². The molecule has 0 bridgehead atoms. The van der Waals surface area contributed by atoms with Gasteiger partial charge in [0.1, 0.15) is 0 Å². The molecule has 3 heterocycles. The molecule has 0 radical (unpaired) electrons. The fourth-order valence-corrected chi connectivity index (χ4v) is 3.58. The van der Waals surface area contributed by atoms with Crippen LogP contribution in [0.5, 0.6) is 0 Å². The van der Waals surface area contributed by atoms with E-state index in [1.165, 1.54) is 21.8 Å². The molecule has 23 heavy (non-hydrogen) atoms. The second kappa shape index (κ2) is 6.26. The molecule has 5 heteroatoms. The van der Waals surface area contributed by atoms with Gasteiger partial charge >= 0.3 is 0 Å². The number of para-hydroxylation sites is 1. The lowest BCUT2D eigenvalue weighted by molar-refractivity contribution is 0.0370. The second-order valence-corrected chi connectivity index (χ2v) is 6.17. The van der Waals surface area contributed by atoms with Crippen LogP contribution in [0.2, 0.25) is 0 Å². The number of rotatable bonds is 4. The normalized spacial score (nSPS) is 16.4. The predicted octanol–water partition coefficient (Wildman–Crippen LogP) is 2.62. The Morgan fingerprint density at radius 3 is 2.78 bits per heavy atom. The van der Waals surface area contributed by atoms with Crippen LogP contribution in [0, 0.1) is 6.92 Å². The maximum atomic E-state index is 5.42. The van der Waals surface area contributed by atoms with Crippen LogP contribution in [0.3, 0.4) is 0 Å². The molecule has 1 aromatic carbocycles. The molecule has 3 aromatic rings. The van der Waals surface area contributed by atoms with Crippen molar-refractivity contribution in [3.8, 4) is 0 Å². The van der Waals surface area contributed by atoms with Gasteiger partial charge in [0.25, 0.3) is 0 Å². The highest BCUT2D eigenvalue weighted by Gasteiger charge is 2.14. The van der Waals surface area contributed by atoms with Crippen molar-refractivity contribution >= 4 is 21.8 Å². The molecule has 1 aliphatic heterocycles. The first-order valence-electron chi connectivity index (χ1n) is 8.34. The highest BCUT2D eigenvalue weighted by atomic mass is 16.5. The number of morpholine rings is 1. The van der Waals surface area contributed by atoms with E-state index in [4.69, 9.17) is 4.74 Å². The summed E-state index contributed by atoms with van der Waals surface area (Å²) < 4.78 is 7.83. The first-order valence-corrected chi connectivity index (χ1v) is 8.34. The molecule has 1 aliphatic rings. The van der Waals surface area contributed by atoms with Crippen molar-refractivity contribution in [1.82, 2.24) is 19.7 Å². The van der Waals surface area contributed by atoms with Gasteiger partial charge in [-0.1, -0.05) is 18.2 Å². The van der Waals surface area contributed by atoms with Crippen molar-refractivity contribution in [3.63, 3.8) is 0 Å². The van der Waals surface area contributed by atoms with E-state index in [0.717, 1.165) is 51.5 Å². The van der Waals surface area contributed by atoms with Gasteiger partial charge in [0.15, 0.2) is 0 Å². The summed E-state index contributed by atoms with van der Waals surface area (Å²) in [5, 5.41) is 10.9. The lowest BCUT2D eigenvalue weighted by Crippen LogP contribution is -2.37. The Bertz CT molecular complexity index is 820. The van der Waals surface area contributed by atoms with E-state index in [-0.39, 0.29) is 0 Å². The average Bonchev–Trinajstić information content (AvgIpc) is 2.92. The van der Waals surface area contributed by atoms with Crippen LogP contribution in [0.25, 0.3) is 21.8 Å². The van der Waals surface area contributed by atoms with Crippen molar-refractivity contribution in [3.05, 3.63) is 36.2 Å². The van der Waals surface area contributed by atoms with E-state index in [2.05, 4.69) is 43.9 Å². The van der Waals surface area contributed by atoms with Crippen molar-refractivity contribution in [2.24, 2.45) is 0 Å². The zero-order chi connectivity index (χ0) is 15.6. The Kier molecular flexibility index (Phi) is 3.97. The quantitative estimate of drug-likeness (QED) is 0.743. The monoisotopic (exact) mass is 310 g/mol. The number of benzene rings is 1. The summed E-state index contributed by atoms with van der Waals surface area (Å²) in [4.78, 5) is 2.49. The number of nitrogens with zero attached hydrogens (tertiary/aromatic N) is 4. The molecule has 120 valence electrons. The van der Waals surface area contributed by atoms with Gasteiger partial charge in [0.2, 0.25) is 0 Å². The van der Waals surface area contributed by atoms with E-state index < -0.39 is 0 Å². The molecule has 1 saturated heterocycles. The fourth-order valence-electron chi connectivity index (χ4n) is 3.58. The molecule has 1 fully saturated rings. The van der Waals surface area contributed by atoms with Crippen molar-refractivity contribution in [2.45, 2.75) is 19.9 Å². The van der Waals surface area contributed by atoms with Crippen LogP contribution < -0.4 is 0 Å². The first-order chi connectivity index (χ1) is 11.3. The maximum Gasteiger partial charge on any atom is 0.0843 e. The zero-order valence-corrected chi connectivity index (χ0v) is 13.5. The molecule has 5 nitrogen and oxygen atoms in total. The van der Waals surface area contributed by atoms with Gasteiger partial charge in [-0.3, -0.25) is 4.90 Å². The minimum atomic E-state index is 0.865. The predicted molar refractivity (Wildman–Crippen MR) is 91.6 cm³/mol. The number of aromatic nitrogens is 3. The third-order valence-corrected chi connectivity index (χ3v) is 4.71. The number of fused-ring (bicyclic) bond motifs is 3. The van der Waals surface area contributed by atoms with E-state index >= 15 is 0 Å². The lowest BCUT2D eigenvalue weighted by Gasteiger charge is -2.26. The van der Waals surface area contributed by atoms with Crippen LogP contribution in [0.4, 0.5) is 0 Å². The number of ether oxygens (including phenoxy) is 1. The molecule has 4 rings (SSSR count). The number of hydrogen-bond acceptors (Lipinski definition) is 4. The summed E-state index contributed by atoms with van der Waals surface area (Å²) in [6.07, 6.45) is 3.03. The summed E-state index contributed by atoms with van der Waals surface area (Å²) in [5.74, 6) is 0. The van der Waals surface area contributed by atoms with Crippen molar-refractivity contribution < 1.29 is 4.74 Å². The van der Waals surface area contributed by atoms with E-state index in [9.17, 15) is 0 Å².